The van der Waals surface area contributed by atoms with Crippen molar-refractivity contribution in [3.05, 3.63) is 57.7 Å². The van der Waals surface area contributed by atoms with Crippen LogP contribution in [0.2, 0.25) is 5.02 Å². The number of fused-ring (bicyclic) bond motifs is 1. The highest BCUT2D eigenvalue weighted by Gasteiger charge is 2.19. The number of aromatic nitrogens is 4. The molecule has 1 aliphatic rings. The molecule has 1 aliphatic heterocycles. The molecule has 1 fully saturated rings. The van der Waals surface area contributed by atoms with Crippen LogP contribution in [0, 0.1) is 0 Å². The summed E-state index contributed by atoms with van der Waals surface area (Å²) in [5.74, 6) is 0. The van der Waals surface area contributed by atoms with E-state index < -0.39 is 0 Å². The molecule has 1 saturated heterocycles. The lowest BCUT2D eigenvalue weighted by atomic mass is 10.2. The first kappa shape index (κ1) is 15.4. The molecule has 0 saturated carbocycles. The van der Waals surface area contributed by atoms with Gasteiger partial charge in [-0.15, -0.1) is 0 Å². The van der Waals surface area contributed by atoms with Gasteiger partial charge in [0.2, 0.25) is 0 Å². The third-order valence-electron chi connectivity index (χ3n) is 4.32. The number of ether oxygens (including phenoxy) is 1. The predicted molar refractivity (Wildman–Crippen MR) is 91.3 cm³/mol. The van der Waals surface area contributed by atoms with E-state index in [1.807, 2.05) is 24.3 Å². The van der Waals surface area contributed by atoms with Crippen LogP contribution in [-0.2, 0) is 17.8 Å². The zero-order valence-corrected chi connectivity index (χ0v) is 13.8. The van der Waals surface area contributed by atoms with Gasteiger partial charge >= 0.3 is 0 Å². The molecule has 24 heavy (non-hydrogen) atoms. The van der Waals surface area contributed by atoms with E-state index in [2.05, 4.69) is 10.1 Å². The molecule has 0 aliphatic carbocycles. The van der Waals surface area contributed by atoms with Crippen molar-refractivity contribution in [1.29, 1.82) is 0 Å². The summed E-state index contributed by atoms with van der Waals surface area (Å²) in [6.45, 7) is 1.81. The Bertz CT molecular complexity index is 928. The molecule has 3 heterocycles. The number of nitrogens with zero attached hydrogens (tertiary/aromatic N) is 4. The van der Waals surface area contributed by atoms with Gasteiger partial charge in [0.1, 0.15) is 11.7 Å². The second-order valence-corrected chi connectivity index (χ2v) is 6.38. The third-order valence-corrected chi connectivity index (χ3v) is 4.69. The van der Waals surface area contributed by atoms with Gasteiger partial charge in [-0.2, -0.15) is 5.10 Å². The number of halogens is 1. The molecule has 2 aromatic heterocycles. The molecule has 4 rings (SSSR count). The van der Waals surface area contributed by atoms with Crippen LogP contribution in [0.5, 0.6) is 0 Å². The van der Waals surface area contributed by atoms with Crippen molar-refractivity contribution in [3.63, 3.8) is 0 Å². The van der Waals surface area contributed by atoms with Crippen molar-refractivity contribution in [1.82, 2.24) is 19.3 Å². The van der Waals surface area contributed by atoms with Crippen LogP contribution in [0.1, 0.15) is 18.4 Å². The minimum Gasteiger partial charge on any atom is -0.376 e. The van der Waals surface area contributed by atoms with Gasteiger partial charge in [-0.05, 0) is 24.5 Å². The Morgan fingerprint density at radius 1 is 1.33 bits per heavy atom. The molecule has 0 amide bonds. The van der Waals surface area contributed by atoms with Crippen LogP contribution in [0.3, 0.4) is 0 Å². The fraction of sp³-hybridized carbons (Fsp3) is 0.353. The van der Waals surface area contributed by atoms with Gasteiger partial charge < -0.3 is 4.74 Å². The molecule has 1 atom stereocenters. The normalized spacial score (nSPS) is 17.6. The monoisotopic (exact) mass is 344 g/mol. The smallest absolute Gasteiger partial charge is 0.264 e. The van der Waals surface area contributed by atoms with E-state index in [-0.39, 0.29) is 11.7 Å². The zero-order valence-electron chi connectivity index (χ0n) is 13.1. The fourth-order valence-electron chi connectivity index (χ4n) is 3.04. The minimum absolute atomic E-state index is 0.112. The van der Waals surface area contributed by atoms with E-state index >= 15 is 0 Å². The van der Waals surface area contributed by atoms with Crippen LogP contribution in [0.15, 0.2) is 41.6 Å². The van der Waals surface area contributed by atoms with E-state index in [0.717, 1.165) is 25.0 Å². The van der Waals surface area contributed by atoms with E-state index in [9.17, 15) is 4.79 Å². The number of benzene rings is 1. The molecule has 3 aromatic rings. The standard InChI is InChI=1S/C17H17ClN4O2/c18-15-6-2-1-4-12(15)9-21-11-19-16-14(17(21)23)8-20-22(16)10-13-5-3-7-24-13/h1-2,4,6,8,11,13H,3,5,7,9-10H2. The summed E-state index contributed by atoms with van der Waals surface area (Å²) in [6, 6.07) is 7.48. The lowest BCUT2D eigenvalue weighted by Crippen LogP contribution is -2.22. The molecule has 0 spiro atoms. The molecular weight excluding hydrogens is 328 g/mol. The highest BCUT2D eigenvalue weighted by Crippen LogP contribution is 2.17. The van der Waals surface area contributed by atoms with E-state index in [1.165, 1.54) is 0 Å². The van der Waals surface area contributed by atoms with Crippen molar-refractivity contribution < 1.29 is 4.74 Å². The van der Waals surface area contributed by atoms with Gasteiger partial charge in [-0.3, -0.25) is 9.36 Å². The number of rotatable bonds is 4. The lowest BCUT2D eigenvalue weighted by Gasteiger charge is -2.10. The van der Waals surface area contributed by atoms with Gasteiger partial charge in [0, 0.05) is 11.6 Å². The topological polar surface area (TPSA) is 61.9 Å². The summed E-state index contributed by atoms with van der Waals surface area (Å²) in [4.78, 5) is 17.1. The maximum absolute atomic E-state index is 12.7. The first-order chi connectivity index (χ1) is 11.7. The highest BCUT2D eigenvalue weighted by atomic mass is 35.5. The first-order valence-corrected chi connectivity index (χ1v) is 8.36. The van der Waals surface area contributed by atoms with Gasteiger partial charge in [0.25, 0.3) is 5.56 Å². The second-order valence-electron chi connectivity index (χ2n) is 5.97. The van der Waals surface area contributed by atoms with Crippen molar-refractivity contribution >= 4 is 22.6 Å². The molecule has 124 valence electrons. The Morgan fingerprint density at radius 2 is 2.21 bits per heavy atom. The van der Waals surface area contributed by atoms with Crippen molar-refractivity contribution in [2.24, 2.45) is 0 Å². The van der Waals surface area contributed by atoms with Gasteiger partial charge in [-0.1, -0.05) is 29.8 Å². The van der Waals surface area contributed by atoms with E-state index in [4.69, 9.17) is 16.3 Å². The van der Waals surface area contributed by atoms with Crippen LogP contribution < -0.4 is 5.56 Å². The van der Waals surface area contributed by atoms with Crippen LogP contribution in [0.4, 0.5) is 0 Å². The molecule has 7 heteroatoms. The average Bonchev–Trinajstić information content (AvgIpc) is 3.23. The summed E-state index contributed by atoms with van der Waals surface area (Å²) in [5.41, 5.74) is 1.37. The third kappa shape index (κ3) is 2.83. The lowest BCUT2D eigenvalue weighted by molar-refractivity contribution is 0.0949. The molecule has 0 N–H and O–H groups in total. The predicted octanol–water partition coefficient (Wildman–Crippen LogP) is 2.47. The Kier molecular flexibility index (Phi) is 4.08. The molecule has 1 unspecified atom stereocenters. The van der Waals surface area contributed by atoms with Crippen LogP contribution in [0.25, 0.3) is 11.0 Å². The SMILES string of the molecule is O=c1c2cnn(CC3CCCO3)c2ncn1Cc1ccccc1Cl. The molecule has 0 radical (unpaired) electrons. The van der Waals surface area contributed by atoms with Crippen LogP contribution in [-0.4, -0.2) is 32.0 Å². The van der Waals surface area contributed by atoms with E-state index in [1.54, 1.807) is 21.8 Å². The minimum atomic E-state index is -0.112. The highest BCUT2D eigenvalue weighted by molar-refractivity contribution is 6.31. The number of hydrogen-bond donors (Lipinski definition) is 0. The zero-order chi connectivity index (χ0) is 16.5. The summed E-state index contributed by atoms with van der Waals surface area (Å²) < 4.78 is 8.95. The molecule has 6 nitrogen and oxygen atoms in total. The molecule has 0 bridgehead atoms. The quantitative estimate of drug-likeness (QED) is 0.729. The Morgan fingerprint density at radius 3 is 3.00 bits per heavy atom. The average molecular weight is 345 g/mol. The summed E-state index contributed by atoms with van der Waals surface area (Å²) in [6.07, 6.45) is 5.39. The Balaban J connectivity index is 1.66. The van der Waals surface area contributed by atoms with E-state index in [0.29, 0.717) is 29.1 Å². The first-order valence-electron chi connectivity index (χ1n) is 7.98. The van der Waals surface area contributed by atoms with Gasteiger partial charge in [0.05, 0.1) is 25.4 Å². The van der Waals surface area contributed by atoms with Crippen molar-refractivity contribution in [2.75, 3.05) is 6.61 Å². The van der Waals surface area contributed by atoms with Gasteiger partial charge in [0.15, 0.2) is 5.65 Å². The Hall–Kier alpha value is -2.18. The summed E-state index contributed by atoms with van der Waals surface area (Å²) in [7, 11) is 0. The second kappa shape index (κ2) is 6.37. The van der Waals surface area contributed by atoms with Gasteiger partial charge in [-0.25, -0.2) is 9.67 Å². The fourth-order valence-corrected chi connectivity index (χ4v) is 3.23. The Labute approximate surface area is 143 Å². The van der Waals surface area contributed by atoms with Crippen LogP contribution >= 0.6 is 11.6 Å². The molecule has 1 aromatic carbocycles. The largest absolute Gasteiger partial charge is 0.376 e. The number of hydrogen-bond acceptors (Lipinski definition) is 4. The van der Waals surface area contributed by atoms with Crippen molar-refractivity contribution in [2.45, 2.75) is 32.0 Å². The molecular formula is C17H17ClN4O2. The van der Waals surface area contributed by atoms with Crippen molar-refractivity contribution in [3.8, 4) is 0 Å². The maximum Gasteiger partial charge on any atom is 0.264 e. The maximum atomic E-state index is 12.7. The summed E-state index contributed by atoms with van der Waals surface area (Å²) >= 11 is 6.18. The summed E-state index contributed by atoms with van der Waals surface area (Å²) in [5, 5.41) is 5.47.